The van der Waals surface area contributed by atoms with Crippen molar-refractivity contribution in [2.24, 2.45) is 5.92 Å². The Balaban J connectivity index is 1.51. The van der Waals surface area contributed by atoms with Gasteiger partial charge in [0, 0.05) is 6.07 Å². The summed E-state index contributed by atoms with van der Waals surface area (Å²) in [4.78, 5) is 4.26. The van der Waals surface area contributed by atoms with Gasteiger partial charge in [0.05, 0.1) is 18.8 Å². The number of hydrogen-bond donors (Lipinski definition) is 0. The molecule has 2 fully saturated rings. The lowest BCUT2D eigenvalue weighted by atomic mass is 10.1. The largest absolute Gasteiger partial charge is 0.477 e. The smallest absolute Gasteiger partial charge is 0.214 e. The minimum Gasteiger partial charge on any atom is -0.477 e. The van der Waals surface area contributed by atoms with Gasteiger partial charge < -0.3 is 14.2 Å². The predicted octanol–water partition coefficient (Wildman–Crippen LogP) is 3.15. The van der Waals surface area contributed by atoms with Crippen LogP contribution < -0.4 is 4.74 Å². The van der Waals surface area contributed by atoms with Crippen molar-refractivity contribution in [2.45, 2.75) is 44.7 Å². The minimum absolute atomic E-state index is 0.221. The van der Waals surface area contributed by atoms with Gasteiger partial charge in [0.25, 0.3) is 0 Å². The summed E-state index contributed by atoms with van der Waals surface area (Å²) in [7, 11) is 0. The van der Waals surface area contributed by atoms with E-state index in [-0.39, 0.29) is 12.2 Å². The lowest BCUT2D eigenvalue weighted by Gasteiger charge is -2.20. The molecule has 1 aromatic heterocycles. The van der Waals surface area contributed by atoms with Crippen molar-refractivity contribution in [1.29, 1.82) is 0 Å². The highest BCUT2D eigenvalue weighted by Crippen LogP contribution is 2.40. The molecule has 3 atom stereocenters. The van der Waals surface area contributed by atoms with Gasteiger partial charge in [-0.2, -0.15) is 0 Å². The first-order valence-electron chi connectivity index (χ1n) is 6.63. The number of rotatable bonds is 3. The maximum absolute atomic E-state index is 5.87. The van der Waals surface area contributed by atoms with Gasteiger partial charge in [0.2, 0.25) is 5.88 Å². The van der Waals surface area contributed by atoms with E-state index in [1.54, 1.807) is 0 Å². The fourth-order valence-corrected chi connectivity index (χ4v) is 3.20. The van der Waals surface area contributed by atoms with Crippen molar-refractivity contribution in [1.82, 2.24) is 4.98 Å². The number of pyridine rings is 1. The summed E-state index contributed by atoms with van der Waals surface area (Å²) in [5, 5.41) is 0. The van der Waals surface area contributed by atoms with Crippen LogP contribution in [0.5, 0.6) is 5.88 Å². The Labute approximate surface area is 121 Å². The number of hydrogen-bond acceptors (Lipinski definition) is 4. The molecule has 1 aliphatic heterocycles. The zero-order chi connectivity index (χ0) is 13.5. The molecular weight excluding hydrogens is 310 g/mol. The molecule has 1 saturated heterocycles. The van der Waals surface area contributed by atoms with Crippen LogP contribution in [0.2, 0.25) is 0 Å². The van der Waals surface area contributed by atoms with Gasteiger partial charge in [-0.3, -0.25) is 0 Å². The highest BCUT2D eigenvalue weighted by atomic mass is 79.9. The molecular formula is C14H18BrNO3. The van der Waals surface area contributed by atoms with Crippen LogP contribution in [0.3, 0.4) is 0 Å². The van der Waals surface area contributed by atoms with Crippen LogP contribution in [0.15, 0.2) is 22.8 Å². The summed E-state index contributed by atoms with van der Waals surface area (Å²) < 4.78 is 18.3. The van der Waals surface area contributed by atoms with Gasteiger partial charge in [-0.15, -0.1) is 0 Å². The number of fused-ring (bicyclic) bond motifs is 1. The van der Waals surface area contributed by atoms with E-state index in [0.717, 1.165) is 17.4 Å². The number of ether oxygens (including phenoxy) is 3. The molecule has 0 amide bonds. The zero-order valence-corrected chi connectivity index (χ0v) is 12.7. The van der Waals surface area contributed by atoms with E-state index >= 15 is 0 Å². The summed E-state index contributed by atoms with van der Waals surface area (Å²) in [6.45, 7) is 4.62. The highest BCUT2D eigenvalue weighted by Gasteiger charge is 2.47. The molecule has 19 heavy (non-hydrogen) atoms. The highest BCUT2D eigenvalue weighted by molar-refractivity contribution is 9.10. The molecule has 0 N–H and O–H groups in total. The van der Waals surface area contributed by atoms with Crippen molar-refractivity contribution >= 4 is 15.9 Å². The third kappa shape index (κ3) is 3.09. The molecule has 5 heteroatoms. The van der Waals surface area contributed by atoms with E-state index in [1.807, 2.05) is 32.0 Å². The molecule has 3 rings (SSSR count). The molecule has 0 aromatic carbocycles. The Morgan fingerprint density at radius 3 is 2.63 bits per heavy atom. The molecule has 2 aliphatic rings. The standard InChI is InChI=1S/C14H18BrNO3/c1-14(2)18-10-6-9(7-11(10)19-14)8-17-13-5-3-4-12(15)16-13/h3-5,9-11H,6-8H2,1-2H3/t9?,10-,11+. The molecule has 0 spiro atoms. The van der Waals surface area contributed by atoms with Crippen LogP contribution in [-0.2, 0) is 9.47 Å². The van der Waals surface area contributed by atoms with E-state index in [9.17, 15) is 0 Å². The molecule has 1 aliphatic carbocycles. The van der Waals surface area contributed by atoms with Gasteiger partial charge >= 0.3 is 0 Å². The lowest BCUT2D eigenvalue weighted by molar-refractivity contribution is -0.154. The van der Waals surface area contributed by atoms with E-state index in [0.29, 0.717) is 18.4 Å². The molecule has 104 valence electrons. The second-order valence-corrected chi connectivity index (χ2v) is 6.47. The first kappa shape index (κ1) is 13.3. The van der Waals surface area contributed by atoms with E-state index in [2.05, 4.69) is 20.9 Å². The Kier molecular flexibility index (Phi) is 3.53. The van der Waals surface area contributed by atoms with E-state index in [1.165, 1.54) is 0 Å². The zero-order valence-electron chi connectivity index (χ0n) is 11.1. The average molecular weight is 328 g/mol. The third-order valence-corrected chi connectivity index (χ3v) is 4.01. The second kappa shape index (κ2) is 5.04. The minimum atomic E-state index is -0.424. The SMILES string of the molecule is CC1(C)O[C@H]2CC(COc3cccc(Br)n3)C[C@H]2O1. The molecule has 2 heterocycles. The second-order valence-electron chi connectivity index (χ2n) is 5.66. The normalized spacial score (nSPS) is 32.3. The van der Waals surface area contributed by atoms with Crippen molar-refractivity contribution in [3.05, 3.63) is 22.8 Å². The van der Waals surface area contributed by atoms with Crippen molar-refractivity contribution in [2.75, 3.05) is 6.61 Å². The van der Waals surface area contributed by atoms with Gasteiger partial charge in [-0.05, 0) is 54.6 Å². The van der Waals surface area contributed by atoms with Crippen LogP contribution in [0.25, 0.3) is 0 Å². The van der Waals surface area contributed by atoms with E-state index in [4.69, 9.17) is 14.2 Å². The number of nitrogens with zero attached hydrogens (tertiary/aromatic N) is 1. The molecule has 1 aromatic rings. The number of aromatic nitrogens is 1. The first-order valence-corrected chi connectivity index (χ1v) is 7.42. The Morgan fingerprint density at radius 2 is 2.00 bits per heavy atom. The van der Waals surface area contributed by atoms with Crippen LogP contribution in [0, 0.1) is 5.92 Å². The monoisotopic (exact) mass is 327 g/mol. The molecule has 0 radical (unpaired) electrons. The third-order valence-electron chi connectivity index (χ3n) is 3.57. The van der Waals surface area contributed by atoms with Gasteiger partial charge in [0.15, 0.2) is 5.79 Å². The maximum Gasteiger partial charge on any atom is 0.214 e. The Morgan fingerprint density at radius 1 is 1.32 bits per heavy atom. The van der Waals surface area contributed by atoms with Crippen molar-refractivity contribution in [3.63, 3.8) is 0 Å². The lowest BCUT2D eigenvalue weighted by Crippen LogP contribution is -2.24. The Hall–Kier alpha value is -0.650. The van der Waals surface area contributed by atoms with Gasteiger partial charge in [0.1, 0.15) is 4.60 Å². The quantitative estimate of drug-likeness (QED) is 0.799. The summed E-state index contributed by atoms with van der Waals surface area (Å²) in [5.74, 6) is 0.716. The summed E-state index contributed by atoms with van der Waals surface area (Å²) in [5.41, 5.74) is 0. The van der Waals surface area contributed by atoms with Crippen LogP contribution in [0.4, 0.5) is 0 Å². The number of halogens is 1. The maximum atomic E-state index is 5.87. The molecule has 1 saturated carbocycles. The van der Waals surface area contributed by atoms with Crippen LogP contribution in [0.1, 0.15) is 26.7 Å². The van der Waals surface area contributed by atoms with Crippen molar-refractivity contribution < 1.29 is 14.2 Å². The van der Waals surface area contributed by atoms with Crippen LogP contribution >= 0.6 is 15.9 Å². The molecule has 0 bridgehead atoms. The van der Waals surface area contributed by atoms with Crippen molar-refractivity contribution in [3.8, 4) is 5.88 Å². The Bertz CT molecular complexity index is 450. The summed E-state index contributed by atoms with van der Waals surface area (Å²) >= 11 is 3.34. The fourth-order valence-electron chi connectivity index (χ4n) is 2.87. The van der Waals surface area contributed by atoms with Gasteiger partial charge in [-0.25, -0.2) is 4.98 Å². The topological polar surface area (TPSA) is 40.6 Å². The van der Waals surface area contributed by atoms with Crippen LogP contribution in [-0.4, -0.2) is 29.6 Å². The van der Waals surface area contributed by atoms with Gasteiger partial charge in [-0.1, -0.05) is 6.07 Å². The fraction of sp³-hybridized carbons (Fsp3) is 0.643. The summed E-state index contributed by atoms with van der Waals surface area (Å²) in [6.07, 6.45) is 2.45. The first-order chi connectivity index (χ1) is 9.02. The molecule has 1 unspecified atom stereocenters. The van der Waals surface area contributed by atoms with E-state index < -0.39 is 5.79 Å². The summed E-state index contributed by atoms with van der Waals surface area (Å²) in [6, 6.07) is 5.68. The predicted molar refractivity (Wildman–Crippen MR) is 74.0 cm³/mol. The average Bonchev–Trinajstić information content (AvgIpc) is 2.79. The molecule has 4 nitrogen and oxygen atoms in total.